The van der Waals surface area contributed by atoms with Crippen LogP contribution in [0.5, 0.6) is 11.5 Å². The van der Waals surface area contributed by atoms with Gasteiger partial charge in [0, 0.05) is 6.20 Å². The fraction of sp³-hybridized carbons (Fsp3) is 0.234. The van der Waals surface area contributed by atoms with Crippen molar-refractivity contribution in [1.82, 2.24) is 14.1 Å². The van der Waals surface area contributed by atoms with E-state index in [0.29, 0.717) is 0 Å². The smallest absolute Gasteiger partial charge is 0.0582 e. The van der Waals surface area contributed by atoms with Crippen LogP contribution in [0.2, 0.25) is 0 Å². The third-order valence-corrected chi connectivity index (χ3v) is 13.8. The summed E-state index contributed by atoms with van der Waals surface area (Å²) in [7, 11) is 0. The number of hydrogen-bond donors (Lipinski definition) is 0. The van der Waals surface area contributed by atoms with Crippen LogP contribution in [-0.4, -0.2) is 14.1 Å². The van der Waals surface area contributed by atoms with E-state index >= 15 is 0 Å². The van der Waals surface area contributed by atoms with Gasteiger partial charge in [0.05, 0.1) is 0 Å². The molecule has 0 saturated carbocycles. The monoisotopic (exact) mass is 875 g/mol. The van der Waals surface area contributed by atoms with E-state index < -0.39 is 0 Å². The first kappa shape index (κ1) is 33.8. The predicted octanol–water partition coefficient (Wildman–Crippen LogP) is 12.0. The molecule has 5 aromatic carbocycles. The van der Waals surface area contributed by atoms with E-state index in [1.54, 1.807) is 0 Å². The number of ether oxygens (including phenoxy) is 1. The van der Waals surface area contributed by atoms with E-state index in [2.05, 4.69) is 197 Å². The topological polar surface area (TPSA) is 35.2 Å². The molecule has 7 aromatic rings. The van der Waals surface area contributed by atoms with Crippen molar-refractivity contribution < 1.29 is 24.1 Å². The molecule has 9 rings (SSSR count). The maximum absolute atomic E-state index is 6.74. The standard InChI is InChI=1S/C47H44N4O.Pt/c1-31-24-25-48-43(26-31)51-39-23-22-38-44(46(4,5)47(6,7)45(38,2)3)37(39)27-32-20-21-36(29-42(32)51)52-35-17-13-16-34(28-35)50-30-49(33-14-9-8-10-15-33)40-18-11-12-19-41(40)50;/h8-26,28-29H,27H2,1-7H3;. The first-order chi connectivity index (χ1) is 25.4. The molecule has 0 saturated heterocycles. The van der Waals surface area contributed by atoms with Gasteiger partial charge < -0.3 is 0 Å². The molecule has 0 amide bonds. The summed E-state index contributed by atoms with van der Waals surface area (Å²) in [5, 5.41) is 0. The van der Waals surface area contributed by atoms with Crippen molar-refractivity contribution in [3.63, 3.8) is 0 Å². The minimum atomic E-state index is -0.0162. The number of nitrogens with zero attached hydrogens (tertiary/aromatic N) is 4. The van der Waals surface area contributed by atoms with Crippen LogP contribution in [0.25, 0.3) is 22.4 Å². The zero-order valence-corrected chi connectivity index (χ0v) is 33.6. The molecule has 2 aromatic heterocycles. The van der Waals surface area contributed by atoms with E-state index in [4.69, 9.17) is 9.72 Å². The molecule has 268 valence electrons. The quantitative estimate of drug-likeness (QED) is 0.173. The number of aryl methyl sites for hydroxylation is 1. The molecule has 1 aliphatic heterocycles. The van der Waals surface area contributed by atoms with Gasteiger partial charge in [-0.15, -0.1) is 0 Å². The molecule has 3 heterocycles. The second-order valence-corrected chi connectivity index (χ2v) is 17.2. The average molecular weight is 876 g/mol. The molecule has 0 unspecified atom stereocenters. The van der Waals surface area contributed by atoms with E-state index in [-0.39, 0.29) is 16.2 Å². The number of anilines is 3. The van der Waals surface area contributed by atoms with Gasteiger partial charge in [0.25, 0.3) is 0 Å². The Kier molecular flexibility index (Phi) is 7.67. The Bertz CT molecular complexity index is 2650. The van der Waals surface area contributed by atoms with Crippen LogP contribution in [0.15, 0.2) is 128 Å². The normalized spacial score (nSPS) is 16.3. The van der Waals surface area contributed by atoms with Gasteiger partial charge in [-0.05, 0) is 45.9 Å². The third kappa shape index (κ3) is 5.00. The van der Waals surface area contributed by atoms with Gasteiger partial charge in [0.15, 0.2) is 0 Å². The van der Waals surface area contributed by atoms with Crippen LogP contribution in [0.1, 0.15) is 69.4 Å². The van der Waals surface area contributed by atoms with E-state index in [0.717, 1.165) is 55.6 Å². The molecule has 0 bridgehead atoms. The summed E-state index contributed by atoms with van der Waals surface area (Å²) in [4.78, 5) is 7.30. The fourth-order valence-corrected chi connectivity index (χ4v) is 10.00. The Morgan fingerprint density at radius 2 is 1.32 bits per heavy atom. The van der Waals surface area contributed by atoms with Crippen molar-refractivity contribution in [2.75, 3.05) is 4.90 Å². The molecule has 2 aliphatic rings. The van der Waals surface area contributed by atoms with Gasteiger partial charge in [-0.25, -0.2) is 0 Å². The van der Waals surface area contributed by atoms with Gasteiger partial charge in [-0.3, -0.25) is 0 Å². The zero-order chi connectivity index (χ0) is 36.9. The number of rotatable bonds is 5. The van der Waals surface area contributed by atoms with Crippen molar-refractivity contribution >= 4 is 28.2 Å². The Labute approximate surface area is 322 Å². The SMILES string of the molecule is Cc1ccnc(N2c3cc(Oc4cccc(-n5[c](=[Pt])n(-c6ccccc6)c6ccccc65)c4)ccc3Cc3c2ccc2c3C(C)(C)C(C)(C)C2(C)C)c1. The number of imidazole rings is 1. The van der Waals surface area contributed by atoms with E-state index in [1.807, 2.05) is 12.3 Å². The van der Waals surface area contributed by atoms with Gasteiger partial charge in [-0.1, -0.05) is 47.6 Å². The average Bonchev–Trinajstić information content (AvgIpc) is 3.49. The van der Waals surface area contributed by atoms with Crippen LogP contribution >= 0.6 is 0 Å². The molecule has 0 spiro atoms. The molecular formula is C47H44N4OPt. The van der Waals surface area contributed by atoms with Gasteiger partial charge >= 0.3 is 225 Å². The number of aromatic nitrogens is 3. The summed E-state index contributed by atoms with van der Waals surface area (Å²) < 4.78 is 12.4. The fourth-order valence-electron chi connectivity index (χ4n) is 8.87. The summed E-state index contributed by atoms with van der Waals surface area (Å²) in [5.41, 5.74) is 13.7. The van der Waals surface area contributed by atoms with Crippen molar-refractivity contribution in [3.05, 3.63) is 159 Å². The van der Waals surface area contributed by atoms with Gasteiger partial charge in [0.1, 0.15) is 0 Å². The first-order valence-corrected chi connectivity index (χ1v) is 19.6. The van der Waals surface area contributed by atoms with Crippen molar-refractivity contribution in [1.29, 1.82) is 0 Å². The number of hydrogen-bond acceptors (Lipinski definition) is 3. The molecule has 0 fully saturated rings. The van der Waals surface area contributed by atoms with E-state index in [9.17, 15) is 0 Å². The minimum absolute atomic E-state index is 0.0162. The molecule has 1 aliphatic carbocycles. The van der Waals surface area contributed by atoms with Crippen LogP contribution in [0.3, 0.4) is 0 Å². The van der Waals surface area contributed by atoms with Crippen LogP contribution in [0.4, 0.5) is 17.2 Å². The first-order valence-electron chi connectivity index (χ1n) is 18.4. The second-order valence-electron chi connectivity index (χ2n) is 16.2. The molecule has 0 atom stereocenters. The summed E-state index contributed by atoms with van der Waals surface area (Å²) in [6, 6.07) is 43.0. The summed E-state index contributed by atoms with van der Waals surface area (Å²) in [5.74, 6) is 2.49. The number of fused-ring (bicyclic) bond motifs is 5. The molecule has 0 N–H and O–H groups in total. The minimum Gasteiger partial charge on any atom is -0.0582 e. The van der Waals surface area contributed by atoms with Crippen molar-refractivity contribution in [3.8, 4) is 22.9 Å². The van der Waals surface area contributed by atoms with Gasteiger partial charge in [-0.2, -0.15) is 0 Å². The molecule has 0 radical (unpaired) electrons. The van der Waals surface area contributed by atoms with Crippen molar-refractivity contribution in [2.24, 2.45) is 5.41 Å². The Morgan fingerprint density at radius 1 is 0.642 bits per heavy atom. The summed E-state index contributed by atoms with van der Waals surface area (Å²) >= 11 is 2.44. The molecular weight excluding hydrogens is 832 g/mol. The second kappa shape index (κ2) is 12.0. The van der Waals surface area contributed by atoms with Gasteiger partial charge in [0.2, 0.25) is 0 Å². The number of pyridine rings is 1. The summed E-state index contributed by atoms with van der Waals surface area (Å²) in [6.45, 7) is 16.7. The molecule has 53 heavy (non-hydrogen) atoms. The Balaban J connectivity index is 1.14. The predicted molar refractivity (Wildman–Crippen MR) is 212 cm³/mol. The molecule has 6 heteroatoms. The van der Waals surface area contributed by atoms with E-state index in [1.165, 1.54) is 33.5 Å². The van der Waals surface area contributed by atoms with Crippen molar-refractivity contribution in [2.45, 2.75) is 65.7 Å². The number of benzene rings is 5. The van der Waals surface area contributed by atoms with Crippen LogP contribution in [-0.2, 0) is 36.6 Å². The zero-order valence-electron chi connectivity index (χ0n) is 31.3. The number of para-hydroxylation sites is 3. The molecule has 5 nitrogen and oxygen atoms in total. The van der Waals surface area contributed by atoms with Crippen LogP contribution < -0.4 is 9.64 Å². The Morgan fingerprint density at radius 3 is 2.06 bits per heavy atom. The van der Waals surface area contributed by atoms with Crippen LogP contribution in [0, 0.1) is 16.1 Å². The third-order valence-electron chi connectivity index (χ3n) is 12.8. The maximum atomic E-state index is 6.74. The summed E-state index contributed by atoms with van der Waals surface area (Å²) in [6.07, 6.45) is 2.78. The Hall–Kier alpha value is -4.99.